The molecule has 9 heteroatoms. The van der Waals surface area contributed by atoms with Crippen LogP contribution in [0.1, 0.15) is 52.0 Å². The highest BCUT2D eigenvalue weighted by atomic mass is 19.1. The van der Waals surface area contributed by atoms with Crippen LogP contribution in [0.2, 0.25) is 0 Å². The normalized spacial score (nSPS) is 19.9. The lowest BCUT2D eigenvalue weighted by atomic mass is 9.89. The van der Waals surface area contributed by atoms with E-state index in [1.54, 1.807) is 17.0 Å². The van der Waals surface area contributed by atoms with Crippen LogP contribution in [0.4, 0.5) is 19.7 Å². The molecule has 0 saturated carbocycles. The molecule has 0 aliphatic carbocycles. The molecular weight excluding hydrogens is 405 g/mol. The van der Waals surface area contributed by atoms with Gasteiger partial charge in [-0.1, -0.05) is 6.07 Å². The van der Waals surface area contributed by atoms with Crippen molar-refractivity contribution in [3.8, 4) is 0 Å². The Bertz CT molecular complexity index is 846. The van der Waals surface area contributed by atoms with E-state index in [-0.39, 0.29) is 36.8 Å². The smallest absolute Gasteiger partial charge is 0.414 e. The first-order valence-corrected chi connectivity index (χ1v) is 10.5. The molecule has 31 heavy (non-hydrogen) atoms. The average molecular weight is 435 g/mol. The molecule has 8 nitrogen and oxygen atoms in total. The fourth-order valence-electron chi connectivity index (χ4n) is 3.81. The third-order valence-electron chi connectivity index (χ3n) is 5.33. The molecular formula is C22H30FN3O5. The molecule has 1 N–H and O–H groups in total. The van der Waals surface area contributed by atoms with E-state index in [4.69, 9.17) is 9.47 Å². The first-order valence-electron chi connectivity index (χ1n) is 10.5. The van der Waals surface area contributed by atoms with Crippen molar-refractivity contribution in [1.82, 2.24) is 10.2 Å². The van der Waals surface area contributed by atoms with Crippen LogP contribution in [0.3, 0.4) is 0 Å². The zero-order valence-corrected chi connectivity index (χ0v) is 18.4. The minimum Gasteiger partial charge on any atom is -0.444 e. The SMILES string of the molecule is CC(=O)NC[C@H]1CN(c2ccc(C3CCN(C(=O)OC(C)(C)C)CC3)c(F)c2)C(=O)O1. The van der Waals surface area contributed by atoms with Crippen molar-refractivity contribution in [1.29, 1.82) is 0 Å². The van der Waals surface area contributed by atoms with E-state index in [9.17, 15) is 18.8 Å². The summed E-state index contributed by atoms with van der Waals surface area (Å²) in [4.78, 5) is 38.4. The number of piperidine rings is 1. The number of anilines is 1. The van der Waals surface area contributed by atoms with Crippen LogP contribution in [0, 0.1) is 5.82 Å². The first-order chi connectivity index (χ1) is 14.5. The molecule has 0 aromatic heterocycles. The predicted octanol–water partition coefficient (Wildman–Crippen LogP) is 3.40. The summed E-state index contributed by atoms with van der Waals surface area (Å²) in [6.45, 7) is 8.33. The summed E-state index contributed by atoms with van der Waals surface area (Å²) < 4.78 is 25.5. The van der Waals surface area contributed by atoms with Crippen LogP contribution >= 0.6 is 0 Å². The van der Waals surface area contributed by atoms with Crippen LogP contribution in [-0.2, 0) is 14.3 Å². The Hall–Kier alpha value is -2.84. The lowest BCUT2D eigenvalue weighted by Crippen LogP contribution is -2.41. The zero-order chi connectivity index (χ0) is 22.8. The van der Waals surface area contributed by atoms with Crippen molar-refractivity contribution in [3.63, 3.8) is 0 Å². The number of halogens is 1. The van der Waals surface area contributed by atoms with Gasteiger partial charge in [-0.2, -0.15) is 0 Å². The summed E-state index contributed by atoms with van der Waals surface area (Å²) in [5.41, 5.74) is 0.450. The minimum absolute atomic E-state index is 0.00854. The van der Waals surface area contributed by atoms with Crippen molar-refractivity contribution in [2.75, 3.05) is 31.1 Å². The molecule has 2 aliphatic rings. The van der Waals surface area contributed by atoms with E-state index < -0.39 is 17.8 Å². The van der Waals surface area contributed by atoms with Crippen molar-refractivity contribution < 1.29 is 28.2 Å². The van der Waals surface area contributed by atoms with Gasteiger partial charge in [0.25, 0.3) is 0 Å². The van der Waals surface area contributed by atoms with Gasteiger partial charge < -0.3 is 19.7 Å². The number of rotatable bonds is 4. The highest BCUT2D eigenvalue weighted by Gasteiger charge is 2.33. The summed E-state index contributed by atoms with van der Waals surface area (Å²) in [5, 5.41) is 2.61. The molecule has 1 aromatic rings. The number of hydrogen-bond donors (Lipinski definition) is 1. The van der Waals surface area contributed by atoms with E-state index in [2.05, 4.69) is 5.32 Å². The highest BCUT2D eigenvalue weighted by molar-refractivity contribution is 5.89. The fourth-order valence-corrected chi connectivity index (χ4v) is 3.81. The number of likely N-dealkylation sites (tertiary alicyclic amines) is 1. The third kappa shape index (κ3) is 5.86. The molecule has 170 valence electrons. The predicted molar refractivity (Wildman–Crippen MR) is 112 cm³/mol. The maximum atomic E-state index is 14.9. The molecule has 2 aliphatic heterocycles. The van der Waals surface area contributed by atoms with E-state index >= 15 is 0 Å². The number of carbonyl (C=O) groups excluding carboxylic acids is 3. The average Bonchev–Trinajstić information content (AvgIpc) is 3.06. The Morgan fingerprint density at radius 2 is 1.94 bits per heavy atom. The third-order valence-corrected chi connectivity index (χ3v) is 5.33. The van der Waals surface area contributed by atoms with Crippen molar-refractivity contribution in [2.24, 2.45) is 0 Å². The van der Waals surface area contributed by atoms with Gasteiger partial charge in [-0.25, -0.2) is 14.0 Å². The van der Waals surface area contributed by atoms with E-state index in [0.29, 0.717) is 37.2 Å². The monoisotopic (exact) mass is 435 g/mol. The molecule has 3 amide bonds. The Balaban J connectivity index is 1.60. The van der Waals surface area contributed by atoms with Crippen LogP contribution in [0.5, 0.6) is 0 Å². The van der Waals surface area contributed by atoms with Gasteiger partial charge in [-0.15, -0.1) is 0 Å². The molecule has 2 heterocycles. The molecule has 0 bridgehead atoms. The van der Waals surface area contributed by atoms with Crippen molar-refractivity contribution >= 4 is 23.8 Å². The molecule has 1 atom stereocenters. The Morgan fingerprint density at radius 3 is 2.52 bits per heavy atom. The van der Waals surface area contributed by atoms with Crippen LogP contribution in [-0.4, -0.2) is 60.9 Å². The van der Waals surface area contributed by atoms with Crippen LogP contribution in [0.25, 0.3) is 0 Å². The molecule has 0 spiro atoms. The lowest BCUT2D eigenvalue weighted by Gasteiger charge is -2.33. The van der Waals surface area contributed by atoms with Gasteiger partial charge in [0.15, 0.2) is 0 Å². The standard InChI is InChI=1S/C22H30FN3O5/c1-14(27)24-12-17-13-26(21(29)30-17)16-5-6-18(19(23)11-16)15-7-9-25(10-8-15)20(28)31-22(2,3)4/h5-6,11,15,17H,7-10,12-13H2,1-4H3,(H,24,27)/t17-/m0/s1. The summed E-state index contributed by atoms with van der Waals surface area (Å²) in [6, 6.07) is 4.76. The molecule has 0 unspecified atom stereocenters. The van der Waals surface area contributed by atoms with Crippen LogP contribution < -0.4 is 10.2 Å². The number of amides is 3. The zero-order valence-electron chi connectivity index (χ0n) is 18.4. The number of nitrogens with one attached hydrogen (secondary N) is 1. The number of ether oxygens (including phenoxy) is 2. The van der Waals surface area contributed by atoms with E-state index in [0.717, 1.165) is 0 Å². The van der Waals surface area contributed by atoms with Gasteiger partial charge in [0.2, 0.25) is 5.91 Å². The number of benzene rings is 1. The largest absolute Gasteiger partial charge is 0.444 e. The number of carbonyl (C=O) groups is 3. The number of nitrogens with zero attached hydrogens (tertiary/aromatic N) is 2. The second-order valence-corrected chi connectivity index (χ2v) is 9.00. The summed E-state index contributed by atoms with van der Waals surface area (Å²) in [5.74, 6) is -0.597. The second-order valence-electron chi connectivity index (χ2n) is 9.00. The lowest BCUT2D eigenvalue weighted by molar-refractivity contribution is -0.119. The molecule has 0 radical (unpaired) electrons. The Morgan fingerprint density at radius 1 is 1.26 bits per heavy atom. The van der Waals surface area contributed by atoms with Gasteiger partial charge in [-0.05, 0) is 57.2 Å². The van der Waals surface area contributed by atoms with Crippen molar-refractivity contribution in [3.05, 3.63) is 29.6 Å². The van der Waals surface area contributed by atoms with Crippen LogP contribution in [0.15, 0.2) is 18.2 Å². The van der Waals surface area contributed by atoms with Gasteiger partial charge in [-0.3, -0.25) is 9.69 Å². The Labute approximate surface area is 181 Å². The number of hydrogen-bond acceptors (Lipinski definition) is 5. The molecule has 2 saturated heterocycles. The summed E-state index contributed by atoms with van der Waals surface area (Å²) >= 11 is 0. The molecule has 3 rings (SSSR count). The first kappa shape index (κ1) is 22.8. The fraction of sp³-hybridized carbons (Fsp3) is 0.591. The second kappa shape index (κ2) is 9.11. The number of cyclic esters (lactones) is 1. The minimum atomic E-state index is -0.562. The highest BCUT2D eigenvalue weighted by Crippen LogP contribution is 2.33. The Kier molecular flexibility index (Phi) is 6.71. The van der Waals surface area contributed by atoms with Gasteiger partial charge >= 0.3 is 12.2 Å². The van der Waals surface area contributed by atoms with Gasteiger partial charge in [0, 0.05) is 20.0 Å². The summed E-state index contributed by atoms with van der Waals surface area (Å²) in [7, 11) is 0. The summed E-state index contributed by atoms with van der Waals surface area (Å²) in [6.07, 6.45) is -0.104. The van der Waals surface area contributed by atoms with Crippen molar-refractivity contribution in [2.45, 2.75) is 58.2 Å². The molecule has 1 aromatic carbocycles. The maximum Gasteiger partial charge on any atom is 0.414 e. The topological polar surface area (TPSA) is 88.2 Å². The van der Waals surface area contributed by atoms with Gasteiger partial charge in [0.05, 0.1) is 18.8 Å². The maximum absolute atomic E-state index is 14.9. The van der Waals surface area contributed by atoms with E-state index in [1.165, 1.54) is 17.9 Å². The van der Waals surface area contributed by atoms with E-state index in [1.807, 2.05) is 20.8 Å². The quantitative estimate of drug-likeness (QED) is 0.783. The molecule has 2 fully saturated rings. The van der Waals surface area contributed by atoms with Gasteiger partial charge in [0.1, 0.15) is 17.5 Å².